The highest BCUT2D eigenvalue weighted by Gasteiger charge is 2.31. The Kier molecular flexibility index (Phi) is 3.52. The van der Waals surface area contributed by atoms with Gasteiger partial charge in [-0.3, -0.25) is 15.1 Å². The topological polar surface area (TPSA) is 72.0 Å². The summed E-state index contributed by atoms with van der Waals surface area (Å²) in [4.78, 5) is 16.2. The van der Waals surface area contributed by atoms with Crippen LogP contribution in [-0.2, 0) is 4.79 Å². The second-order valence-electron chi connectivity index (χ2n) is 4.42. The number of hydrogen-bond acceptors (Lipinski definition) is 4. The summed E-state index contributed by atoms with van der Waals surface area (Å²) in [6.07, 6.45) is 0. The maximum absolute atomic E-state index is 12.0. The summed E-state index contributed by atoms with van der Waals surface area (Å²) >= 11 is 3.45. The maximum Gasteiger partial charge on any atom is 0.253 e. The lowest BCUT2D eigenvalue weighted by Gasteiger charge is -2.21. The summed E-state index contributed by atoms with van der Waals surface area (Å²) in [5, 5.41) is 5.78. The first-order valence-electron chi connectivity index (χ1n) is 6.40. The fraction of sp³-hybridized carbons (Fsp3) is 0.385. The van der Waals surface area contributed by atoms with Crippen LogP contribution in [0.5, 0.6) is 11.5 Å². The number of ether oxygens (including phenoxy) is 2. The second kappa shape index (κ2) is 5.32. The lowest BCUT2D eigenvalue weighted by atomic mass is 10.1. The monoisotopic (exact) mass is 339 g/mol. The number of aliphatic imine (C=N–C) groups is 1. The molecule has 2 heterocycles. The van der Waals surface area contributed by atoms with Crippen molar-refractivity contribution < 1.29 is 14.3 Å². The number of nitrogens with one attached hydrogen (secondary N) is 2. The first-order chi connectivity index (χ1) is 9.69. The minimum Gasteiger partial charge on any atom is -0.486 e. The molecule has 0 aliphatic carbocycles. The zero-order chi connectivity index (χ0) is 14.1. The molecule has 6 nitrogen and oxygen atoms in total. The van der Waals surface area contributed by atoms with Crippen molar-refractivity contribution in [3.05, 3.63) is 22.2 Å². The zero-order valence-corrected chi connectivity index (χ0v) is 12.5. The highest BCUT2D eigenvalue weighted by atomic mass is 79.9. The van der Waals surface area contributed by atoms with Gasteiger partial charge in [-0.05, 0) is 40.5 Å². The molecule has 0 radical (unpaired) electrons. The molecular formula is C13H14BrN3O3. The first kappa shape index (κ1) is 13.2. The van der Waals surface area contributed by atoms with Crippen molar-refractivity contribution in [1.29, 1.82) is 0 Å². The molecule has 1 amide bonds. The van der Waals surface area contributed by atoms with Crippen LogP contribution in [0.4, 0.5) is 0 Å². The highest BCUT2D eigenvalue weighted by Crippen LogP contribution is 2.40. The first-order valence-corrected chi connectivity index (χ1v) is 7.19. The quantitative estimate of drug-likeness (QED) is 0.853. The van der Waals surface area contributed by atoms with E-state index in [1.54, 1.807) is 0 Å². The Hall–Kier alpha value is -1.76. The Bertz CT molecular complexity index is 588. The summed E-state index contributed by atoms with van der Waals surface area (Å²) in [5.41, 5.74) is 0.805. The van der Waals surface area contributed by atoms with Gasteiger partial charge in [-0.2, -0.15) is 0 Å². The standard InChI is InChI=1S/C13H14BrN3O3/c1-2-15-13-16-10(12(18)17-13)7-5-8(14)11-9(6-7)19-3-4-20-11/h5-6,10H,2-4H2,1H3,(H2,15,16,17,18). The van der Waals surface area contributed by atoms with E-state index in [-0.39, 0.29) is 5.91 Å². The van der Waals surface area contributed by atoms with Crippen LogP contribution in [-0.4, -0.2) is 31.6 Å². The Morgan fingerprint density at radius 1 is 1.40 bits per heavy atom. The van der Waals surface area contributed by atoms with Gasteiger partial charge in [-0.15, -0.1) is 0 Å². The van der Waals surface area contributed by atoms with Gasteiger partial charge >= 0.3 is 0 Å². The third-order valence-electron chi connectivity index (χ3n) is 3.05. The zero-order valence-electron chi connectivity index (χ0n) is 10.9. The van der Waals surface area contributed by atoms with Gasteiger partial charge in [0.1, 0.15) is 19.3 Å². The van der Waals surface area contributed by atoms with Crippen molar-refractivity contribution in [3.8, 4) is 11.5 Å². The van der Waals surface area contributed by atoms with Crippen molar-refractivity contribution >= 4 is 27.8 Å². The number of carbonyl (C=O) groups is 1. The van der Waals surface area contributed by atoms with Crippen molar-refractivity contribution in [1.82, 2.24) is 10.6 Å². The van der Waals surface area contributed by atoms with E-state index in [0.29, 0.717) is 37.2 Å². The Balaban J connectivity index is 1.93. The van der Waals surface area contributed by atoms with E-state index in [2.05, 4.69) is 31.6 Å². The number of amides is 1. The molecule has 20 heavy (non-hydrogen) atoms. The number of halogens is 1. The molecule has 2 aliphatic heterocycles. The average Bonchev–Trinajstić information content (AvgIpc) is 2.80. The minimum atomic E-state index is -0.465. The smallest absolute Gasteiger partial charge is 0.253 e. The molecule has 1 atom stereocenters. The summed E-state index contributed by atoms with van der Waals surface area (Å²) in [7, 11) is 0. The van der Waals surface area contributed by atoms with Crippen molar-refractivity contribution in [3.63, 3.8) is 0 Å². The molecule has 7 heteroatoms. The summed E-state index contributed by atoms with van der Waals surface area (Å²) in [6, 6.07) is 3.22. The number of rotatable bonds is 2. The van der Waals surface area contributed by atoms with Crippen LogP contribution in [0.3, 0.4) is 0 Å². The Labute approximate surface area is 124 Å². The molecule has 0 bridgehead atoms. The molecule has 1 unspecified atom stereocenters. The highest BCUT2D eigenvalue weighted by molar-refractivity contribution is 9.10. The van der Waals surface area contributed by atoms with Crippen molar-refractivity contribution in [2.24, 2.45) is 4.99 Å². The third-order valence-corrected chi connectivity index (χ3v) is 3.64. The molecule has 1 saturated heterocycles. The SMILES string of the molecule is CCN=C1NC(=O)C(c2cc(Br)c3c(c2)OCCO3)N1. The number of benzene rings is 1. The molecule has 0 aromatic heterocycles. The van der Waals surface area contributed by atoms with Crippen molar-refractivity contribution in [2.75, 3.05) is 19.8 Å². The van der Waals surface area contributed by atoms with E-state index in [1.165, 1.54) is 0 Å². The second-order valence-corrected chi connectivity index (χ2v) is 5.27. The molecule has 2 aliphatic rings. The van der Waals surface area contributed by atoms with Crippen LogP contribution in [0.2, 0.25) is 0 Å². The molecule has 1 fully saturated rings. The lowest BCUT2D eigenvalue weighted by Crippen LogP contribution is -2.25. The van der Waals surface area contributed by atoms with E-state index in [9.17, 15) is 4.79 Å². The van der Waals surface area contributed by atoms with E-state index < -0.39 is 6.04 Å². The fourth-order valence-corrected chi connectivity index (χ4v) is 2.78. The summed E-state index contributed by atoms with van der Waals surface area (Å²) in [5.74, 6) is 1.71. The van der Waals surface area contributed by atoms with Crippen molar-refractivity contribution in [2.45, 2.75) is 13.0 Å². The number of guanidine groups is 1. The number of hydrogen-bond donors (Lipinski definition) is 2. The number of fused-ring (bicyclic) bond motifs is 1. The van der Waals surface area contributed by atoms with Gasteiger partial charge in [-0.25, -0.2) is 0 Å². The Morgan fingerprint density at radius 3 is 3.00 bits per heavy atom. The van der Waals surface area contributed by atoms with Crippen LogP contribution in [0.25, 0.3) is 0 Å². The predicted octanol–water partition coefficient (Wildman–Crippen LogP) is 1.36. The van der Waals surface area contributed by atoms with E-state index >= 15 is 0 Å². The van der Waals surface area contributed by atoms with Gasteiger partial charge < -0.3 is 14.8 Å². The normalized spacial score (nSPS) is 22.6. The number of carbonyl (C=O) groups excluding carboxylic acids is 1. The maximum atomic E-state index is 12.0. The molecule has 1 aromatic rings. The lowest BCUT2D eigenvalue weighted by molar-refractivity contribution is -0.120. The van der Waals surface area contributed by atoms with Crippen LogP contribution in [0.15, 0.2) is 21.6 Å². The van der Waals surface area contributed by atoms with Crippen LogP contribution >= 0.6 is 15.9 Å². The summed E-state index contributed by atoms with van der Waals surface area (Å²) < 4.78 is 11.9. The van der Waals surface area contributed by atoms with Gasteiger partial charge in [0, 0.05) is 6.54 Å². The molecule has 1 aromatic carbocycles. The predicted molar refractivity (Wildman–Crippen MR) is 77.1 cm³/mol. The van der Waals surface area contributed by atoms with Gasteiger partial charge in [0.15, 0.2) is 17.5 Å². The van der Waals surface area contributed by atoms with Gasteiger partial charge in [-0.1, -0.05) is 0 Å². The molecule has 3 rings (SSSR count). The number of nitrogens with zero attached hydrogens (tertiary/aromatic N) is 1. The van der Waals surface area contributed by atoms with Crippen LogP contribution in [0.1, 0.15) is 18.5 Å². The molecule has 0 saturated carbocycles. The van der Waals surface area contributed by atoms with Gasteiger partial charge in [0.25, 0.3) is 5.91 Å². The Morgan fingerprint density at radius 2 is 2.20 bits per heavy atom. The van der Waals surface area contributed by atoms with E-state index in [4.69, 9.17) is 9.47 Å². The largest absolute Gasteiger partial charge is 0.486 e. The summed E-state index contributed by atoms with van der Waals surface area (Å²) in [6.45, 7) is 3.56. The van der Waals surface area contributed by atoms with E-state index in [0.717, 1.165) is 10.0 Å². The fourth-order valence-electron chi connectivity index (χ4n) is 2.20. The molecule has 106 valence electrons. The molecular weight excluding hydrogens is 326 g/mol. The van der Waals surface area contributed by atoms with Gasteiger partial charge in [0.05, 0.1) is 4.47 Å². The van der Waals surface area contributed by atoms with E-state index in [1.807, 2.05) is 19.1 Å². The van der Waals surface area contributed by atoms with Crippen LogP contribution in [0, 0.1) is 0 Å². The average molecular weight is 340 g/mol. The van der Waals surface area contributed by atoms with Gasteiger partial charge in [0.2, 0.25) is 0 Å². The minimum absolute atomic E-state index is 0.124. The third kappa shape index (κ3) is 2.33. The molecule has 2 N–H and O–H groups in total. The molecule has 0 spiro atoms. The van der Waals surface area contributed by atoms with Crippen LogP contribution < -0.4 is 20.1 Å².